The van der Waals surface area contributed by atoms with E-state index >= 15 is 0 Å². The van der Waals surface area contributed by atoms with Crippen LogP contribution in [0.15, 0.2) is 59.4 Å². The van der Waals surface area contributed by atoms with Gasteiger partial charge in [0.1, 0.15) is 12.2 Å². The van der Waals surface area contributed by atoms with Crippen LogP contribution in [0.5, 0.6) is 0 Å². The maximum atomic E-state index is 13.2. The highest BCUT2D eigenvalue weighted by Crippen LogP contribution is 2.30. The lowest BCUT2D eigenvalue weighted by molar-refractivity contribution is -0.123. The van der Waals surface area contributed by atoms with Crippen LogP contribution in [0.2, 0.25) is 0 Å². The number of aromatic nitrogens is 1. The molecule has 0 aliphatic heterocycles. The minimum Gasteiger partial charge on any atom is -0.343 e. The summed E-state index contributed by atoms with van der Waals surface area (Å²) < 4.78 is 36.8. The van der Waals surface area contributed by atoms with Crippen molar-refractivity contribution in [2.75, 3.05) is 6.54 Å². The second kappa shape index (κ2) is 8.49. The van der Waals surface area contributed by atoms with Crippen molar-refractivity contribution in [2.45, 2.75) is 31.6 Å². The molecule has 1 saturated carbocycles. The molecule has 1 aromatic heterocycles. The number of nitrogens with one attached hydrogen (secondary N) is 2. The Morgan fingerprint density at radius 1 is 1.06 bits per heavy atom. The van der Waals surface area contributed by atoms with Crippen molar-refractivity contribution in [3.8, 4) is 0 Å². The molecule has 0 radical (unpaired) electrons. The molecule has 0 spiro atoms. The number of carbonyl (C=O) groups is 2. The summed E-state index contributed by atoms with van der Waals surface area (Å²) in [5, 5.41) is 3.00. The monoisotopic (exact) mass is 443 g/mol. The second-order valence-corrected chi connectivity index (χ2v) is 7.76. The Kier molecular flexibility index (Phi) is 5.73. The van der Waals surface area contributed by atoms with Crippen LogP contribution >= 0.6 is 0 Å². The minimum absolute atomic E-state index is 0.0484. The van der Waals surface area contributed by atoms with E-state index in [0.29, 0.717) is 10.8 Å². The smallest absolute Gasteiger partial charge is 0.343 e. The highest BCUT2D eigenvalue weighted by Gasteiger charge is 2.33. The molecule has 2 aromatic carbocycles. The number of amides is 2. The molecule has 3 aromatic rings. The Labute approximate surface area is 181 Å². The van der Waals surface area contributed by atoms with Gasteiger partial charge in [0.25, 0.3) is 17.4 Å². The number of aromatic amines is 1. The summed E-state index contributed by atoms with van der Waals surface area (Å²) in [5.41, 5.74) is 0.682. The number of hydrogen-bond donors (Lipinski definition) is 2. The number of hydrogen-bond acceptors (Lipinski definition) is 3. The number of rotatable bonds is 6. The van der Waals surface area contributed by atoms with Gasteiger partial charge in [0.15, 0.2) is 0 Å². The summed E-state index contributed by atoms with van der Waals surface area (Å²) in [6, 6.07) is 14.8. The van der Waals surface area contributed by atoms with E-state index in [1.807, 2.05) is 5.32 Å². The number of nitrogens with zero attached hydrogens (tertiary/aromatic N) is 1. The molecular formula is C23H20F3N3O3. The quantitative estimate of drug-likeness (QED) is 0.611. The largest absolute Gasteiger partial charge is 0.405 e. The first-order chi connectivity index (χ1) is 15.2. The molecule has 166 valence electrons. The minimum atomic E-state index is -4.48. The van der Waals surface area contributed by atoms with Crippen LogP contribution in [0.4, 0.5) is 13.2 Å². The molecule has 1 aliphatic carbocycles. The predicted molar refractivity (Wildman–Crippen MR) is 112 cm³/mol. The highest BCUT2D eigenvalue weighted by molar-refractivity contribution is 5.97. The molecule has 1 aliphatic rings. The van der Waals surface area contributed by atoms with Crippen molar-refractivity contribution in [1.29, 1.82) is 0 Å². The van der Waals surface area contributed by atoms with Gasteiger partial charge in [0, 0.05) is 23.5 Å². The summed E-state index contributed by atoms with van der Waals surface area (Å²) in [6.07, 6.45) is -2.78. The van der Waals surface area contributed by atoms with Crippen LogP contribution in [0.3, 0.4) is 0 Å². The summed E-state index contributed by atoms with van der Waals surface area (Å²) >= 11 is 0. The number of carbonyl (C=O) groups excluding carboxylic acids is 2. The SMILES string of the molecule is O=C(NCC(F)(F)F)c1ccc(CN(C(=O)c2cc3ccccc3c(=O)[nH]2)C2CC2)cc1. The molecule has 0 saturated heterocycles. The molecule has 4 rings (SSSR count). The van der Waals surface area contributed by atoms with Crippen molar-refractivity contribution in [3.63, 3.8) is 0 Å². The molecule has 1 fully saturated rings. The van der Waals surface area contributed by atoms with Crippen LogP contribution in [0.25, 0.3) is 10.8 Å². The average molecular weight is 443 g/mol. The van der Waals surface area contributed by atoms with E-state index in [2.05, 4.69) is 4.98 Å². The fourth-order valence-electron chi connectivity index (χ4n) is 3.47. The van der Waals surface area contributed by atoms with Crippen molar-refractivity contribution in [2.24, 2.45) is 0 Å². The number of H-pyrrole nitrogens is 1. The molecule has 6 nitrogen and oxygen atoms in total. The Bertz CT molecular complexity index is 1210. The Morgan fingerprint density at radius 2 is 1.75 bits per heavy atom. The fourth-order valence-corrected chi connectivity index (χ4v) is 3.47. The summed E-state index contributed by atoms with van der Waals surface area (Å²) in [6.45, 7) is -1.15. The lowest BCUT2D eigenvalue weighted by Crippen LogP contribution is -2.34. The number of pyridine rings is 1. The molecule has 0 unspecified atom stereocenters. The van der Waals surface area contributed by atoms with Crippen molar-refractivity contribution in [3.05, 3.63) is 81.8 Å². The van der Waals surface area contributed by atoms with E-state index in [1.165, 1.54) is 12.1 Å². The zero-order valence-electron chi connectivity index (χ0n) is 16.9. The molecular weight excluding hydrogens is 423 g/mol. The van der Waals surface area contributed by atoms with Gasteiger partial charge >= 0.3 is 6.18 Å². The molecule has 2 N–H and O–H groups in total. The van der Waals surface area contributed by atoms with Gasteiger partial charge in [-0.1, -0.05) is 30.3 Å². The van der Waals surface area contributed by atoms with Crippen LogP contribution < -0.4 is 10.9 Å². The third-order valence-corrected chi connectivity index (χ3v) is 5.25. The van der Waals surface area contributed by atoms with E-state index in [4.69, 9.17) is 0 Å². The topological polar surface area (TPSA) is 82.3 Å². The van der Waals surface area contributed by atoms with E-state index in [0.717, 1.165) is 18.4 Å². The van der Waals surface area contributed by atoms with Crippen LogP contribution in [-0.2, 0) is 6.54 Å². The Hall–Kier alpha value is -3.62. The lowest BCUT2D eigenvalue weighted by Gasteiger charge is -2.23. The van der Waals surface area contributed by atoms with E-state index in [9.17, 15) is 27.6 Å². The first kappa shape index (κ1) is 21.6. The van der Waals surface area contributed by atoms with Crippen molar-refractivity contribution in [1.82, 2.24) is 15.2 Å². The van der Waals surface area contributed by atoms with Crippen LogP contribution in [0.1, 0.15) is 39.3 Å². The normalized spacial score (nSPS) is 13.7. The van der Waals surface area contributed by atoms with Gasteiger partial charge in [-0.3, -0.25) is 14.4 Å². The van der Waals surface area contributed by atoms with Gasteiger partial charge in [0.2, 0.25) is 0 Å². The van der Waals surface area contributed by atoms with Crippen LogP contribution in [-0.4, -0.2) is 40.5 Å². The van der Waals surface area contributed by atoms with Gasteiger partial charge in [-0.25, -0.2) is 0 Å². The summed E-state index contributed by atoms with van der Waals surface area (Å²) in [7, 11) is 0. The number of halogens is 3. The molecule has 9 heteroatoms. The highest BCUT2D eigenvalue weighted by atomic mass is 19.4. The Morgan fingerprint density at radius 3 is 2.41 bits per heavy atom. The number of benzene rings is 2. The standard InChI is InChI=1S/C23H20F3N3O3/c24-23(25,26)13-27-20(30)15-7-5-14(6-8-15)12-29(17-9-10-17)22(32)19-11-16-3-1-2-4-18(16)21(31)28-19/h1-8,11,17H,9-10,12-13H2,(H,27,30)(H,28,31). The zero-order chi connectivity index (χ0) is 22.9. The van der Waals surface area contributed by atoms with E-state index in [1.54, 1.807) is 47.4 Å². The lowest BCUT2D eigenvalue weighted by atomic mass is 10.1. The first-order valence-corrected chi connectivity index (χ1v) is 10.1. The molecule has 2 amide bonds. The second-order valence-electron chi connectivity index (χ2n) is 7.76. The predicted octanol–water partition coefficient (Wildman–Crippen LogP) is 3.63. The van der Waals surface area contributed by atoms with Gasteiger partial charge in [-0.05, 0) is 48.1 Å². The zero-order valence-corrected chi connectivity index (χ0v) is 16.9. The average Bonchev–Trinajstić information content (AvgIpc) is 3.60. The third kappa shape index (κ3) is 4.99. The van der Waals surface area contributed by atoms with Crippen LogP contribution in [0, 0.1) is 0 Å². The number of fused-ring (bicyclic) bond motifs is 1. The third-order valence-electron chi connectivity index (χ3n) is 5.25. The van der Waals surface area contributed by atoms with Crippen molar-refractivity contribution >= 4 is 22.6 Å². The van der Waals surface area contributed by atoms with Gasteiger partial charge in [-0.15, -0.1) is 0 Å². The molecule has 0 atom stereocenters. The number of alkyl halides is 3. The van der Waals surface area contributed by atoms with E-state index < -0.39 is 18.6 Å². The molecule has 32 heavy (non-hydrogen) atoms. The maximum Gasteiger partial charge on any atom is 0.405 e. The van der Waals surface area contributed by atoms with Gasteiger partial charge in [-0.2, -0.15) is 13.2 Å². The van der Waals surface area contributed by atoms with Gasteiger partial charge < -0.3 is 15.2 Å². The molecule has 0 bridgehead atoms. The van der Waals surface area contributed by atoms with Gasteiger partial charge in [0.05, 0.1) is 0 Å². The summed E-state index contributed by atoms with van der Waals surface area (Å²) in [5.74, 6) is -1.12. The maximum absolute atomic E-state index is 13.2. The fraction of sp³-hybridized carbons (Fsp3) is 0.261. The van der Waals surface area contributed by atoms with E-state index in [-0.39, 0.29) is 35.3 Å². The first-order valence-electron chi connectivity index (χ1n) is 10.1. The summed E-state index contributed by atoms with van der Waals surface area (Å²) in [4.78, 5) is 41.7. The van der Waals surface area contributed by atoms with Crippen molar-refractivity contribution < 1.29 is 22.8 Å². The molecule has 1 heterocycles. The Balaban J connectivity index is 1.50.